The number of ether oxygens (including phenoxy) is 5. The number of anilines is 1. The molecule has 0 bridgehead atoms. The maximum absolute atomic E-state index is 12.4. The van der Waals surface area contributed by atoms with Gasteiger partial charge in [0.15, 0.2) is 18.1 Å². The van der Waals surface area contributed by atoms with E-state index in [1.54, 1.807) is 36.4 Å². The van der Waals surface area contributed by atoms with Crippen molar-refractivity contribution >= 4 is 17.6 Å². The van der Waals surface area contributed by atoms with E-state index in [1.807, 2.05) is 0 Å². The van der Waals surface area contributed by atoms with E-state index in [-0.39, 0.29) is 5.56 Å². The zero-order chi connectivity index (χ0) is 19.2. The fourth-order valence-electron chi connectivity index (χ4n) is 2.57. The molecule has 1 N–H and O–H groups in total. The number of esters is 1. The number of benzene rings is 2. The summed E-state index contributed by atoms with van der Waals surface area (Å²) in [6.45, 7) is 0.471. The molecule has 0 aliphatic carbocycles. The van der Waals surface area contributed by atoms with Crippen molar-refractivity contribution in [3.63, 3.8) is 0 Å². The molecule has 1 amide bonds. The molecule has 0 atom stereocenters. The van der Waals surface area contributed by atoms with Gasteiger partial charge in [0.25, 0.3) is 5.91 Å². The third-order valence-electron chi connectivity index (χ3n) is 3.79. The minimum absolute atomic E-state index is 0.120. The van der Waals surface area contributed by atoms with Gasteiger partial charge < -0.3 is 29.0 Å². The first-order valence-corrected chi connectivity index (χ1v) is 8.20. The second kappa shape index (κ2) is 8.31. The lowest BCUT2D eigenvalue weighted by molar-refractivity contribution is -0.119. The van der Waals surface area contributed by atoms with Crippen LogP contribution >= 0.6 is 0 Å². The SMILES string of the molecule is COc1cccc(OC)c1C(=O)OCC(=O)Nc1ccc2c(c1)OCCO2. The maximum Gasteiger partial charge on any atom is 0.346 e. The van der Waals surface area contributed by atoms with Crippen molar-refractivity contribution < 1.29 is 33.3 Å². The van der Waals surface area contributed by atoms with Crippen LogP contribution < -0.4 is 24.3 Å². The van der Waals surface area contributed by atoms with Crippen LogP contribution in [0, 0.1) is 0 Å². The number of hydrogen-bond acceptors (Lipinski definition) is 7. The second-order valence-corrected chi connectivity index (χ2v) is 5.52. The van der Waals surface area contributed by atoms with Crippen LogP contribution in [0.1, 0.15) is 10.4 Å². The normalized spacial score (nSPS) is 12.1. The quantitative estimate of drug-likeness (QED) is 0.777. The van der Waals surface area contributed by atoms with Gasteiger partial charge in [0, 0.05) is 11.8 Å². The second-order valence-electron chi connectivity index (χ2n) is 5.52. The van der Waals surface area contributed by atoms with E-state index < -0.39 is 18.5 Å². The third kappa shape index (κ3) is 4.22. The van der Waals surface area contributed by atoms with E-state index in [0.717, 1.165) is 0 Å². The maximum atomic E-state index is 12.4. The van der Waals surface area contributed by atoms with E-state index in [4.69, 9.17) is 23.7 Å². The predicted octanol–water partition coefficient (Wildman–Crippen LogP) is 2.27. The fourth-order valence-corrected chi connectivity index (χ4v) is 2.57. The summed E-state index contributed by atoms with van der Waals surface area (Å²) < 4.78 is 26.3. The van der Waals surface area contributed by atoms with Gasteiger partial charge in [-0.15, -0.1) is 0 Å². The smallest absolute Gasteiger partial charge is 0.346 e. The topological polar surface area (TPSA) is 92.3 Å². The van der Waals surface area contributed by atoms with Crippen LogP contribution in [-0.2, 0) is 9.53 Å². The molecule has 2 aromatic rings. The summed E-state index contributed by atoms with van der Waals surface area (Å²) in [4.78, 5) is 24.5. The molecule has 0 radical (unpaired) electrons. The van der Waals surface area contributed by atoms with Crippen LogP contribution in [0.2, 0.25) is 0 Å². The average Bonchev–Trinajstić information content (AvgIpc) is 2.71. The lowest BCUT2D eigenvalue weighted by atomic mass is 10.2. The Morgan fingerprint density at radius 1 is 1.00 bits per heavy atom. The summed E-state index contributed by atoms with van der Waals surface area (Å²) in [6, 6.07) is 9.93. The third-order valence-corrected chi connectivity index (χ3v) is 3.79. The number of hydrogen-bond donors (Lipinski definition) is 1. The predicted molar refractivity (Wildman–Crippen MR) is 95.9 cm³/mol. The molecule has 0 saturated carbocycles. The van der Waals surface area contributed by atoms with Gasteiger partial charge in [-0.05, 0) is 24.3 Å². The molecule has 8 heteroatoms. The highest BCUT2D eigenvalue weighted by Gasteiger charge is 2.21. The molecular weight excluding hydrogens is 354 g/mol. The van der Waals surface area contributed by atoms with E-state index in [0.29, 0.717) is 41.9 Å². The summed E-state index contributed by atoms with van der Waals surface area (Å²) in [5.41, 5.74) is 0.629. The molecule has 0 unspecified atom stereocenters. The number of rotatable bonds is 6. The van der Waals surface area contributed by atoms with Gasteiger partial charge in [-0.25, -0.2) is 4.79 Å². The number of amides is 1. The molecule has 1 aliphatic heterocycles. The van der Waals surface area contributed by atoms with Gasteiger partial charge in [-0.3, -0.25) is 4.79 Å². The molecule has 0 fully saturated rings. The monoisotopic (exact) mass is 373 g/mol. The first-order valence-electron chi connectivity index (χ1n) is 8.20. The van der Waals surface area contributed by atoms with E-state index >= 15 is 0 Å². The molecule has 3 rings (SSSR count). The molecule has 2 aromatic carbocycles. The molecule has 0 saturated heterocycles. The minimum atomic E-state index is -0.721. The molecule has 8 nitrogen and oxygen atoms in total. The number of carbonyl (C=O) groups is 2. The Morgan fingerprint density at radius 3 is 2.33 bits per heavy atom. The van der Waals surface area contributed by atoms with Gasteiger partial charge in [-0.2, -0.15) is 0 Å². The lowest BCUT2D eigenvalue weighted by Crippen LogP contribution is -2.22. The number of nitrogens with one attached hydrogen (secondary N) is 1. The highest BCUT2D eigenvalue weighted by atomic mass is 16.6. The Bertz CT molecular complexity index is 828. The van der Waals surface area contributed by atoms with Crippen LogP contribution in [0.4, 0.5) is 5.69 Å². The molecule has 1 aliphatic rings. The summed E-state index contributed by atoms with van der Waals surface area (Å²) in [6.07, 6.45) is 0. The first kappa shape index (κ1) is 18.4. The Hall–Kier alpha value is -3.42. The Kier molecular flexibility index (Phi) is 5.65. The Balaban J connectivity index is 1.62. The van der Waals surface area contributed by atoms with Crippen molar-refractivity contribution in [3.05, 3.63) is 42.0 Å². The Labute approximate surface area is 155 Å². The molecular formula is C19H19NO7. The van der Waals surface area contributed by atoms with Crippen molar-refractivity contribution in [2.45, 2.75) is 0 Å². The number of fused-ring (bicyclic) bond motifs is 1. The number of carbonyl (C=O) groups excluding carboxylic acids is 2. The van der Waals surface area contributed by atoms with Crippen LogP contribution in [0.25, 0.3) is 0 Å². The average molecular weight is 373 g/mol. The zero-order valence-corrected chi connectivity index (χ0v) is 14.9. The van der Waals surface area contributed by atoms with Crippen molar-refractivity contribution in [3.8, 4) is 23.0 Å². The summed E-state index contributed by atoms with van der Waals surface area (Å²) in [5.74, 6) is 0.553. The molecule has 27 heavy (non-hydrogen) atoms. The summed E-state index contributed by atoms with van der Waals surface area (Å²) >= 11 is 0. The van der Waals surface area contributed by atoms with Crippen molar-refractivity contribution in [2.24, 2.45) is 0 Å². The largest absolute Gasteiger partial charge is 0.496 e. The highest BCUT2D eigenvalue weighted by Crippen LogP contribution is 2.32. The van der Waals surface area contributed by atoms with Crippen molar-refractivity contribution in [1.29, 1.82) is 0 Å². The molecule has 142 valence electrons. The molecule has 0 spiro atoms. The van der Waals surface area contributed by atoms with Gasteiger partial charge in [-0.1, -0.05) is 6.07 Å². The summed E-state index contributed by atoms with van der Waals surface area (Å²) in [5, 5.41) is 2.64. The fraction of sp³-hybridized carbons (Fsp3) is 0.263. The minimum Gasteiger partial charge on any atom is -0.496 e. The van der Waals surface area contributed by atoms with Crippen molar-refractivity contribution in [1.82, 2.24) is 0 Å². The van der Waals surface area contributed by atoms with Crippen molar-refractivity contribution in [2.75, 3.05) is 39.4 Å². The van der Waals surface area contributed by atoms with Crippen LogP contribution in [0.15, 0.2) is 36.4 Å². The van der Waals surface area contributed by atoms with Crippen LogP contribution in [0.5, 0.6) is 23.0 Å². The van der Waals surface area contributed by atoms with E-state index in [1.165, 1.54) is 14.2 Å². The number of methoxy groups -OCH3 is 2. The standard InChI is InChI=1S/C19H19NO7/c1-23-14-4-3-5-15(24-2)18(14)19(22)27-11-17(21)20-12-6-7-13-16(10-12)26-9-8-25-13/h3-7,10H,8-9,11H2,1-2H3,(H,20,21). The van der Waals surface area contributed by atoms with Gasteiger partial charge in [0.2, 0.25) is 0 Å². The van der Waals surface area contributed by atoms with Gasteiger partial charge in [0.1, 0.15) is 30.3 Å². The Morgan fingerprint density at radius 2 is 1.67 bits per heavy atom. The zero-order valence-electron chi connectivity index (χ0n) is 14.9. The first-order chi connectivity index (χ1) is 13.1. The van der Waals surface area contributed by atoms with E-state index in [9.17, 15) is 9.59 Å². The van der Waals surface area contributed by atoms with Gasteiger partial charge in [0.05, 0.1) is 14.2 Å². The summed E-state index contributed by atoms with van der Waals surface area (Å²) in [7, 11) is 2.86. The van der Waals surface area contributed by atoms with E-state index in [2.05, 4.69) is 5.32 Å². The van der Waals surface area contributed by atoms with Gasteiger partial charge >= 0.3 is 5.97 Å². The van der Waals surface area contributed by atoms with Crippen LogP contribution in [0.3, 0.4) is 0 Å². The van der Waals surface area contributed by atoms with Crippen LogP contribution in [-0.4, -0.2) is 45.9 Å². The molecule has 0 aromatic heterocycles. The highest BCUT2D eigenvalue weighted by molar-refractivity contribution is 5.98. The molecule has 1 heterocycles. The lowest BCUT2D eigenvalue weighted by Gasteiger charge is -2.19.